The molecule has 0 radical (unpaired) electrons. The average molecular weight is 270 g/mol. The number of ether oxygens (including phenoxy) is 1. The number of carbonyl (C=O) groups is 1. The largest absolute Gasteiger partial charge is 0.463 e. The van der Waals surface area contributed by atoms with E-state index in [2.05, 4.69) is 4.99 Å². The second-order valence-electron chi connectivity index (χ2n) is 5.47. The predicted octanol–water partition coefficient (Wildman–Crippen LogP) is 2.78. The molecule has 1 saturated carbocycles. The van der Waals surface area contributed by atoms with Crippen molar-refractivity contribution in [3.05, 3.63) is 42.3 Å². The second-order valence-corrected chi connectivity index (χ2v) is 5.47. The van der Waals surface area contributed by atoms with Crippen LogP contribution in [0, 0.1) is 5.41 Å². The molecule has 1 aliphatic carbocycles. The molecule has 20 heavy (non-hydrogen) atoms. The fraction of sp³-hybridized carbons (Fsp3) is 0.375. The van der Waals surface area contributed by atoms with Gasteiger partial charge in [-0.2, -0.15) is 0 Å². The maximum atomic E-state index is 11.4. The van der Waals surface area contributed by atoms with Crippen molar-refractivity contribution in [2.45, 2.75) is 32.1 Å². The van der Waals surface area contributed by atoms with E-state index in [0.29, 0.717) is 0 Å². The van der Waals surface area contributed by atoms with Crippen LogP contribution in [-0.2, 0) is 4.79 Å². The summed E-state index contributed by atoms with van der Waals surface area (Å²) in [6.07, 6.45) is 7.76. The number of nitrogens with two attached hydrogens (primary N) is 1. The molecule has 0 spiro atoms. The summed E-state index contributed by atoms with van der Waals surface area (Å²) in [5.41, 5.74) is 7.27. The van der Waals surface area contributed by atoms with Gasteiger partial charge in [-0.3, -0.25) is 9.79 Å². The van der Waals surface area contributed by atoms with Gasteiger partial charge in [-0.15, -0.1) is 0 Å². The number of amides is 1. The molecule has 1 aliphatic heterocycles. The molecule has 104 valence electrons. The average Bonchev–Trinajstić information content (AvgIpc) is 3.24. The third-order valence-corrected chi connectivity index (χ3v) is 4.13. The zero-order valence-electron chi connectivity index (χ0n) is 11.3. The molecule has 0 bridgehead atoms. The summed E-state index contributed by atoms with van der Waals surface area (Å²) < 4.78 is 5.51. The van der Waals surface area contributed by atoms with Gasteiger partial charge in [-0.05, 0) is 44.2 Å². The van der Waals surface area contributed by atoms with Gasteiger partial charge in [0.25, 0.3) is 0 Å². The molecule has 3 rings (SSSR count). The highest BCUT2D eigenvalue weighted by atomic mass is 16.5. The molecule has 0 saturated heterocycles. The van der Waals surface area contributed by atoms with Crippen LogP contribution in [0.3, 0.4) is 0 Å². The molecule has 1 aromatic carbocycles. The number of carbonyl (C=O) groups excluding carboxylic acids is 1. The van der Waals surface area contributed by atoms with E-state index in [1.165, 1.54) is 0 Å². The van der Waals surface area contributed by atoms with Gasteiger partial charge < -0.3 is 10.5 Å². The van der Waals surface area contributed by atoms with Crippen LogP contribution < -0.4 is 10.5 Å². The summed E-state index contributed by atoms with van der Waals surface area (Å²) in [6, 6.07) is 7.88. The number of aliphatic imine (C=N–C) groups is 1. The van der Waals surface area contributed by atoms with E-state index in [-0.39, 0.29) is 11.3 Å². The minimum absolute atomic E-state index is 0.149. The van der Waals surface area contributed by atoms with Crippen molar-refractivity contribution in [3.8, 4) is 5.75 Å². The van der Waals surface area contributed by atoms with Crippen molar-refractivity contribution in [2.24, 2.45) is 16.1 Å². The first-order valence-electron chi connectivity index (χ1n) is 6.99. The molecule has 4 heteroatoms. The van der Waals surface area contributed by atoms with E-state index in [1.54, 1.807) is 12.5 Å². The Balaban J connectivity index is 1.67. The quantitative estimate of drug-likeness (QED) is 0.894. The summed E-state index contributed by atoms with van der Waals surface area (Å²) in [6.45, 7) is 0. The molecule has 0 aromatic heterocycles. The number of nitrogens with zero attached hydrogens (tertiary/aromatic N) is 1. The third kappa shape index (κ3) is 2.46. The Morgan fingerprint density at radius 1 is 1.35 bits per heavy atom. The molecule has 1 aromatic rings. The minimum Gasteiger partial charge on any atom is -0.463 e. The van der Waals surface area contributed by atoms with E-state index < -0.39 is 0 Å². The summed E-state index contributed by atoms with van der Waals surface area (Å²) >= 11 is 0. The SMILES string of the molecule is NC(=O)C1(CCCC2=NC=COc3ccccc32)CC1. The predicted molar refractivity (Wildman–Crippen MR) is 77.5 cm³/mol. The molecule has 1 heterocycles. The van der Waals surface area contributed by atoms with Crippen LogP contribution >= 0.6 is 0 Å². The lowest BCUT2D eigenvalue weighted by Crippen LogP contribution is -2.24. The highest BCUT2D eigenvalue weighted by Crippen LogP contribution is 2.49. The van der Waals surface area contributed by atoms with Crippen LogP contribution in [0.25, 0.3) is 0 Å². The van der Waals surface area contributed by atoms with E-state index in [1.807, 2.05) is 24.3 Å². The van der Waals surface area contributed by atoms with E-state index in [4.69, 9.17) is 10.5 Å². The zero-order valence-corrected chi connectivity index (χ0v) is 11.3. The van der Waals surface area contributed by atoms with Crippen molar-refractivity contribution < 1.29 is 9.53 Å². The monoisotopic (exact) mass is 270 g/mol. The lowest BCUT2D eigenvalue weighted by molar-refractivity contribution is -0.123. The maximum Gasteiger partial charge on any atom is 0.223 e. The maximum absolute atomic E-state index is 11.4. The Labute approximate surface area is 118 Å². The van der Waals surface area contributed by atoms with Gasteiger partial charge in [0, 0.05) is 11.0 Å². The van der Waals surface area contributed by atoms with Gasteiger partial charge >= 0.3 is 0 Å². The lowest BCUT2D eigenvalue weighted by Gasteiger charge is -2.12. The third-order valence-electron chi connectivity index (χ3n) is 4.13. The standard InChI is InChI=1S/C16H18N2O2/c17-15(19)16(8-9-16)7-3-5-13-12-4-1-2-6-14(12)20-11-10-18-13/h1-2,4,6,10-11H,3,5,7-9H2,(H2,17,19). The van der Waals surface area contributed by atoms with Gasteiger partial charge in [0.2, 0.25) is 5.91 Å². The van der Waals surface area contributed by atoms with Crippen LogP contribution in [0.2, 0.25) is 0 Å². The molecule has 4 nitrogen and oxygen atoms in total. The summed E-state index contributed by atoms with van der Waals surface area (Å²) in [4.78, 5) is 15.8. The Bertz CT molecular complexity index is 586. The summed E-state index contributed by atoms with van der Waals surface area (Å²) in [5.74, 6) is 0.681. The van der Waals surface area contributed by atoms with E-state index >= 15 is 0 Å². The van der Waals surface area contributed by atoms with Gasteiger partial charge in [0.05, 0.1) is 11.9 Å². The zero-order chi connectivity index (χ0) is 14.0. The number of primary amides is 1. The second kappa shape index (κ2) is 5.12. The molecule has 1 fully saturated rings. The number of hydrogen-bond acceptors (Lipinski definition) is 3. The molecule has 2 N–H and O–H groups in total. The number of fused-ring (bicyclic) bond motifs is 1. The van der Waals surface area contributed by atoms with Gasteiger partial charge in [0.15, 0.2) is 0 Å². The molecule has 0 atom stereocenters. The Morgan fingerprint density at radius 2 is 2.15 bits per heavy atom. The number of hydrogen-bond donors (Lipinski definition) is 1. The minimum atomic E-state index is -0.225. The Morgan fingerprint density at radius 3 is 2.90 bits per heavy atom. The van der Waals surface area contributed by atoms with Crippen LogP contribution in [0.5, 0.6) is 5.75 Å². The van der Waals surface area contributed by atoms with Crippen LogP contribution in [0.4, 0.5) is 0 Å². The van der Waals surface area contributed by atoms with Gasteiger partial charge in [-0.25, -0.2) is 0 Å². The van der Waals surface area contributed by atoms with Crippen LogP contribution in [0.15, 0.2) is 41.7 Å². The molecular weight excluding hydrogens is 252 g/mol. The van der Waals surface area contributed by atoms with Crippen molar-refractivity contribution in [2.75, 3.05) is 0 Å². The normalized spacial score (nSPS) is 18.5. The van der Waals surface area contributed by atoms with Crippen LogP contribution in [-0.4, -0.2) is 11.6 Å². The van der Waals surface area contributed by atoms with Gasteiger partial charge in [0.1, 0.15) is 12.0 Å². The smallest absolute Gasteiger partial charge is 0.223 e. The Hall–Kier alpha value is -2.10. The van der Waals surface area contributed by atoms with Crippen LogP contribution in [0.1, 0.15) is 37.7 Å². The van der Waals surface area contributed by atoms with Gasteiger partial charge in [-0.1, -0.05) is 12.1 Å². The van der Waals surface area contributed by atoms with Crippen molar-refractivity contribution in [1.82, 2.24) is 0 Å². The highest BCUT2D eigenvalue weighted by molar-refractivity contribution is 6.03. The first-order valence-corrected chi connectivity index (χ1v) is 6.99. The molecule has 0 unspecified atom stereocenters. The number of benzene rings is 1. The van der Waals surface area contributed by atoms with Crippen molar-refractivity contribution in [1.29, 1.82) is 0 Å². The number of para-hydroxylation sites is 1. The molecule has 1 amide bonds. The topological polar surface area (TPSA) is 64.7 Å². The lowest BCUT2D eigenvalue weighted by atomic mass is 9.95. The van der Waals surface area contributed by atoms with E-state index in [9.17, 15) is 4.79 Å². The first-order chi connectivity index (χ1) is 9.71. The van der Waals surface area contributed by atoms with Crippen molar-refractivity contribution in [3.63, 3.8) is 0 Å². The number of rotatable bonds is 5. The summed E-state index contributed by atoms with van der Waals surface area (Å²) in [7, 11) is 0. The fourth-order valence-electron chi connectivity index (χ4n) is 2.67. The highest BCUT2D eigenvalue weighted by Gasteiger charge is 2.47. The van der Waals surface area contributed by atoms with Crippen molar-refractivity contribution >= 4 is 11.6 Å². The van der Waals surface area contributed by atoms with E-state index in [0.717, 1.165) is 49.1 Å². The Kier molecular flexibility index (Phi) is 3.30. The molecule has 2 aliphatic rings. The fourth-order valence-corrected chi connectivity index (χ4v) is 2.67. The first kappa shape index (κ1) is 12.9. The summed E-state index contributed by atoms with van der Waals surface area (Å²) in [5, 5.41) is 0. The molecular formula is C16H18N2O2.